The zero-order chi connectivity index (χ0) is 17.2. The predicted molar refractivity (Wildman–Crippen MR) is 94.8 cm³/mol. The van der Waals surface area contributed by atoms with Crippen molar-refractivity contribution < 1.29 is 9.53 Å². The molecule has 1 saturated carbocycles. The van der Waals surface area contributed by atoms with E-state index in [4.69, 9.17) is 4.74 Å². The molecular weight excluding hydrogens is 316 g/mol. The third-order valence-corrected chi connectivity index (χ3v) is 5.16. The van der Waals surface area contributed by atoms with Crippen molar-refractivity contribution in [3.8, 4) is 0 Å². The molecule has 2 aromatic rings. The number of hydrogen-bond acceptors (Lipinski definition) is 4. The van der Waals surface area contributed by atoms with Crippen LogP contribution >= 0.6 is 0 Å². The summed E-state index contributed by atoms with van der Waals surface area (Å²) in [5, 5.41) is 4.12. The molecule has 0 saturated heterocycles. The van der Waals surface area contributed by atoms with Crippen molar-refractivity contribution >= 4 is 16.9 Å². The fourth-order valence-electron chi connectivity index (χ4n) is 3.99. The number of fused-ring (bicyclic) bond motifs is 1. The molecule has 6 heteroatoms. The van der Waals surface area contributed by atoms with Crippen LogP contribution < -0.4 is 5.32 Å². The van der Waals surface area contributed by atoms with E-state index >= 15 is 0 Å². The smallest absolute Gasteiger partial charge is 0.243 e. The van der Waals surface area contributed by atoms with Crippen molar-refractivity contribution in [2.24, 2.45) is 0 Å². The van der Waals surface area contributed by atoms with E-state index in [0.717, 1.165) is 54.4 Å². The Hall–Kier alpha value is -2.63. The number of rotatable bonds is 4. The number of ether oxygens (including phenoxy) is 1. The molecule has 3 atom stereocenters. The SMILES string of the molecule is C=CC(=O)NC1CCCC(c2ncnc3[nH]cc(C4CC=CO4)c23)C1. The fraction of sp³-hybridized carbons (Fsp3) is 0.421. The number of H-pyrrole nitrogens is 1. The summed E-state index contributed by atoms with van der Waals surface area (Å²) >= 11 is 0. The van der Waals surface area contributed by atoms with Crippen LogP contribution in [0.1, 0.15) is 55.4 Å². The number of hydrogen-bond donors (Lipinski definition) is 2. The molecule has 3 heterocycles. The van der Waals surface area contributed by atoms with Gasteiger partial charge in [0.2, 0.25) is 5.91 Å². The largest absolute Gasteiger partial charge is 0.493 e. The number of nitrogens with one attached hydrogen (secondary N) is 2. The van der Waals surface area contributed by atoms with Crippen LogP contribution in [0.4, 0.5) is 0 Å². The molecule has 2 N–H and O–H groups in total. The van der Waals surface area contributed by atoms with Gasteiger partial charge in [0.15, 0.2) is 0 Å². The van der Waals surface area contributed by atoms with Crippen LogP contribution in [-0.2, 0) is 9.53 Å². The van der Waals surface area contributed by atoms with Gasteiger partial charge >= 0.3 is 0 Å². The first kappa shape index (κ1) is 15.9. The molecular formula is C19H22N4O2. The third kappa shape index (κ3) is 3.04. The van der Waals surface area contributed by atoms with E-state index in [1.807, 2.05) is 12.3 Å². The molecule has 1 fully saturated rings. The van der Waals surface area contributed by atoms with Crippen molar-refractivity contribution in [3.63, 3.8) is 0 Å². The van der Waals surface area contributed by atoms with E-state index in [-0.39, 0.29) is 18.1 Å². The maximum atomic E-state index is 11.6. The van der Waals surface area contributed by atoms with Gasteiger partial charge in [-0.05, 0) is 31.4 Å². The second-order valence-electron chi connectivity index (χ2n) is 6.73. The molecule has 0 spiro atoms. The summed E-state index contributed by atoms with van der Waals surface area (Å²) < 4.78 is 5.71. The first-order valence-electron chi connectivity index (χ1n) is 8.81. The van der Waals surface area contributed by atoms with Gasteiger partial charge in [0.05, 0.1) is 12.0 Å². The van der Waals surface area contributed by atoms with E-state index < -0.39 is 0 Å². The lowest BCUT2D eigenvalue weighted by molar-refractivity contribution is -0.117. The number of nitrogens with zero attached hydrogens (tertiary/aromatic N) is 2. The van der Waals surface area contributed by atoms with Crippen LogP contribution in [0.15, 0.2) is 37.5 Å². The number of carbonyl (C=O) groups is 1. The van der Waals surface area contributed by atoms with Crippen LogP contribution in [0.3, 0.4) is 0 Å². The van der Waals surface area contributed by atoms with Crippen LogP contribution in [0, 0.1) is 0 Å². The Kier molecular flexibility index (Phi) is 4.26. The van der Waals surface area contributed by atoms with Gasteiger partial charge in [-0.25, -0.2) is 9.97 Å². The minimum atomic E-state index is -0.105. The van der Waals surface area contributed by atoms with Gasteiger partial charge in [-0.15, -0.1) is 0 Å². The molecule has 130 valence electrons. The van der Waals surface area contributed by atoms with Crippen LogP contribution in [0.25, 0.3) is 11.0 Å². The predicted octanol–water partition coefficient (Wildman–Crippen LogP) is 3.26. The number of amides is 1. The number of aromatic nitrogens is 3. The molecule has 0 bridgehead atoms. The van der Waals surface area contributed by atoms with E-state index in [1.54, 1.807) is 12.6 Å². The van der Waals surface area contributed by atoms with Crippen LogP contribution in [0.2, 0.25) is 0 Å². The van der Waals surface area contributed by atoms with Crippen LogP contribution in [0.5, 0.6) is 0 Å². The van der Waals surface area contributed by atoms with Crippen molar-refractivity contribution in [3.05, 3.63) is 48.8 Å². The molecule has 6 nitrogen and oxygen atoms in total. The maximum absolute atomic E-state index is 11.6. The normalized spacial score (nSPS) is 25.7. The monoisotopic (exact) mass is 338 g/mol. The molecule has 3 unspecified atom stereocenters. The van der Waals surface area contributed by atoms with Gasteiger partial charge in [-0.3, -0.25) is 4.79 Å². The van der Waals surface area contributed by atoms with Crippen molar-refractivity contribution in [1.82, 2.24) is 20.3 Å². The van der Waals surface area contributed by atoms with E-state index in [0.29, 0.717) is 5.92 Å². The summed E-state index contributed by atoms with van der Waals surface area (Å²) in [5.74, 6) is 0.199. The summed E-state index contributed by atoms with van der Waals surface area (Å²) in [7, 11) is 0. The second kappa shape index (κ2) is 6.70. The van der Waals surface area contributed by atoms with E-state index in [2.05, 4.69) is 26.8 Å². The highest BCUT2D eigenvalue weighted by Crippen LogP contribution is 2.39. The zero-order valence-corrected chi connectivity index (χ0v) is 14.1. The van der Waals surface area contributed by atoms with Gasteiger partial charge in [-0.1, -0.05) is 13.0 Å². The minimum absolute atomic E-state index is 0.0263. The molecule has 2 aromatic heterocycles. The van der Waals surface area contributed by atoms with Crippen molar-refractivity contribution in [2.45, 2.75) is 50.2 Å². The topological polar surface area (TPSA) is 79.9 Å². The lowest BCUT2D eigenvalue weighted by atomic mass is 9.82. The zero-order valence-electron chi connectivity index (χ0n) is 14.1. The lowest BCUT2D eigenvalue weighted by Gasteiger charge is -2.29. The Morgan fingerprint density at radius 1 is 1.40 bits per heavy atom. The Bertz CT molecular complexity index is 818. The van der Waals surface area contributed by atoms with Gasteiger partial charge in [0.1, 0.15) is 18.1 Å². The molecule has 4 rings (SSSR count). The molecule has 1 aliphatic carbocycles. The van der Waals surface area contributed by atoms with E-state index in [9.17, 15) is 4.79 Å². The minimum Gasteiger partial charge on any atom is -0.493 e. The van der Waals surface area contributed by atoms with Crippen molar-refractivity contribution in [2.75, 3.05) is 0 Å². The van der Waals surface area contributed by atoms with Gasteiger partial charge in [-0.2, -0.15) is 0 Å². The number of aromatic amines is 1. The average molecular weight is 338 g/mol. The first-order valence-corrected chi connectivity index (χ1v) is 8.81. The summed E-state index contributed by atoms with van der Waals surface area (Å²) in [5.41, 5.74) is 3.04. The summed E-state index contributed by atoms with van der Waals surface area (Å²) in [6.45, 7) is 3.54. The molecule has 25 heavy (non-hydrogen) atoms. The quantitative estimate of drug-likeness (QED) is 0.839. The Morgan fingerprint density at radius 2 is 2.32 bits per heavy atom. The second-order valence-corrected chi connectivity index (χ2v) is 6.73. The summed E-state index contributed by atoms with van der Waals surface area (Å²) in [4.78, 5) is 23.9. The van der Waals surface area contributed by atoms with Gasteiger partial charge < -0.3 is 15.0 Å². The van der Waals surface area contributed by atoms with Gasteiger partial charge in [0.25, 0.3) is 0 Å². The Balaban J connectivity index is 1.65. The molecule has 2 aliphatic rings. The fourth-order valence-corrected chi connectivity index (χ4v) is 3.99. The number of carbonyl (C=O) groups excluding carboxylic acids is 1. The standard InChI is InChI=1S/C19H22N4O2/c1-2-16(24)23-13-6-3-5-12(9-13)18-17-14(15-7-4-8-25-15)10-20-19(17)22-11-21-18/h2,4,8,10-13,15H,1,3,5-7,9H2,(H,23,24)(H,20,21,22). The summed E-state index contributed by atoms with van der Waals surface area (Å²) in [6.07, 6.45) is 13.7. The maximum Gasteiger partial charge on any atom is 0.243 e. The van der Waals surface area contributed by atoms with Crippen molar-refractivity contribution in [1.29, 1.82) is 0 Å². The first-order chi connectivity index (χ1) is 12.3. The lowest BCUT2D eigenvalue weighted by Crippen LogP contribution is -2.37. The molecule has 0 aromatic carbocycles. The van der Waals surface area contributed by atoms with E-state index in [1.165, 1.54) is 6.08 Å². The summed E-state index contributed by atoms with van der Waals surface area (Å²) in [6, 6.07) is 0.168. The highest BCUT2D eigenvalue weighted by Gasteiger charge is 2.29. The van der Waals surface area contributed by atoms with Crippen LogP contribution in [-0.4, -0.2) is 26.9 Å². The Morgan fingerprint density at radius 3 is 3.12 bits per heavy atom. The molecule has 1 amide bonds. The highest BCUT2D eigenvalue weighted by molar-refractivity contribution is 5.87. The molecule has 1 aliphatic heterocycles. The van der Waals surface area contributed by atoms with Gasteiger partial charge in [0, 0.05) is 35.5 Å². The molecule has 0 radical (unpaired) electrons. The Labute approximate surface area is 146 Å². The average Bonchev–Trinajstić information content (AvgIpc) is 3.30. The highest BCUT2D eigenvalue weighted by atomic mass is 16.5. The third-order valence-electron chi connectivity index (χ3n) is 5.16.